The normalized spacial score (nSPS) is 19.1. The molecule has 168 valence electrons. The SMILES string of the molecule is CCCOC(=O)c1ccc(CN2C(=O)C(c3cccs3)=C(N3CCCC(C)C3)C2=O)cc1. The zero-order valence-electron chi connectivity index (χ0n) is 18.5. The minimum atomic E-state index is -0.366. The van der Waals surface area contributed by atoms with Gasteiger partial charge in [0.1, 0.15) is 5.70 Å². The second-order valence-electron chi connectivity index (χ2n) is 8.42. The van der Waals surface area contributed by atoms with Crippen LogP contribution in [0.2, 0.25) is 0 Å². The summed E-state index contributed by atoms with van der Waals surface area (Å²) in [6.45, 7) is 6.25. The standard InChI is InChI=1S/C25H28N2O4S/c1-3-13-31-25(30)19-10-8-18(9-11-19)16-27-23(28)21(20-7-5-14-32-20)22(24(27)29)26-12-4-6-17(2)15-26/h5,7-11,14,17H,3-4,6,12-13,15-16H2,1-2H3. The number of carbonyl (C=O) groups excluding carboxylic acids is 3. The zero-order chi connectivity index (χ0) is 22.7. The molecule has 0 saturated carbocycles. The van der Waals surface area contributed by atoms with Gasteiger partial charge >= 0.3 is 5.97 Å². The van der Waals surface area contributed by atoms with Crippen molar-refractivity contribution in [3.05, 3.63) is 63.5 Å². The summed E-state index contributed by atoms with van der Waals surface area (Å²) < 4.78 is 5.16. The average molecular weight is 453 g/mol. The minimum absolute atomic E-state index is 0.170. The first-order chi connectivity index (χ1) is 15.5. The molecule has 1 aromatic carbocycles. The molecule has 1 aromatic heterocycles. The number of rotatable bonds is 7. The highest BCUT2D eigenvalue weighted by atomic mass is 32.1. The van der Waals surface area contributed by atoms with Crippen molar-refractivity contribution in [1.29, 1.82) is 0 Å². The highest BCUT2D eigenvalue weighted by Gasteiger charge is 2.42. The number of likely N-dealkylation sites (tertiary alicyclic amines) is 1. The van der Waals surface area contributed by atoms with Gasteiger partial charge in [0.2, 0.25) is 0 Å². The van der Waals surface area contributed by atoms with E-state index in [9.17, 15) is 14.4 Å². The number of hydrogen-bond donors (Lipinski definition) is 0. The largest absolute Gasteiger partial charge is 0.462 e. The number of imide groups is 1. The summed E-state index contributed by atoms with van der Waals surface area (Å²) >= 11 is 1.48. The van der Waals surface area contributed by atoms with E-state index < -0.39 is 0 Å². The Kier molecular flexibility index (Phi) is 6.74. The van der Waals surface area contributed by atoms with E-state index in [4.69, 9.17) is 4.74 Å². The first-order valence-corrected chi connectivity index (χ1v) is 12.0. The number of esters is 1. The lowest BCUT2D eigenvalue weighted by molar-refractivity contribution is -0.138. The Morgan fingerprint density at radius 3 is 2.59 bits per heavy atom. The van der Waals surface area contributed by atoms with Gasteiger partial charge in [0.25, 0.3) is 11.8 Å². The molecule has 2 aliphatic heterocycles. The molecule has 0 N–H and O–H groups in total. The summed E-state index contributed by atoms with van der Waals surface area (Å²) in [6.07, 6.45) is 2.91. The van der Waals surface area contributed by atoms with Gasteiger partial charge in [-0.25, -0.2) is 4.79 Å². The van der Waals surface area contributed by atoms with E-state index in [1.807, 2.05) is 24.4 Å². The van der Waals surface area contributed by atoms with Gasteiger partial charge in [0.05, 0.1) is 24.3 Å². The Labute approximate surface area is 192 Å². The molecule has 0 aliphatic carbocycles. The molecule has 2 amide bonds. The van der Waals surface area contributed by atoms with Crippen LogP contribution in [0.4, 0.5) is 0 Å². The third-order valence-corrected chi connectivity index (χ3v) is 6.74. The second-order valence-corrected chi connectivity index (χ2v) is 9.37. The maximum Gasteiger partial charge on any atom is 0.338 e. The van der Waals surface area contributed by atoms with Crippen molar-refractivity contribution in [2.45, 2.75) is 39.7 Å². The first kappa shape index (κ1) is 22.3. The molecule has 2 aromatic rings. The van der Waals surface area contributed by atoms with Gasteiger partial charge in [-0.15, -0.1) is 11.3 Å². The number of thiophene rings is 1. The molecule has 4 rings (SSSR count). The molecule has 1 atom stereocenters. The van der Waals surface area contributed by atoms with Gasteiger partial charge in [-0.1, -0.05) is 32.0 Å². The number of nitrogens with zero attached hydrogens (tertiary/aromatic N) is 2. The molecule has 7 heteroatoms. The van der Waals surface area contributed by atoms with Crippen LogP contribution in [0, 0.1) is 5.92 Å². The maximum atomic E-state index is 13.5. The van der Waals surface area contributed by atoms with Crippen LogP contribution in [-0.4, -0.2) is 47.3 Å². The van der Waals surface area contributed by atoms with Crippen molar-refractivity contribution < 1.29 is 19.1 Å². The number of ether oxygens (including phenoxy) is 1. The van der Waals surface area contributed by atoms with Crippen LogP contribution in [0.1, 0.15) is 53.9 Å². The van der Waals surface area contributed by atoms with Crippen LogP contribution < -0.4 is 0 Å². The van der Waals surface area contributed by atoms with E-state index in [2.05, 4.69) is 11.8 Å². The number of piperidine rings is 1. The van der Waals surface area contributed by atoms with Crippen LogP contribution in [0.5, 0.6) is 0 Å². The third-order valence-electron chi connectivity index (χ3n) is 5.85. The number of amides is 2. The minimum Gasteiger partial charge on any atom is -0.462 e. The van der Waals surface area contributed by atoms with Gasteiger partial charge in [-0.2, -0.15) is 0 Å². The topological polar surface area (TPSA) is 66.9 Å². The van der Waals surface area contributed by atoms with E-state index in [-0.39, 0.29) is 24.3 Å². The Bertz CT molecular complexity index is 1030. The highest BCUT2D eigenvalue weighted by molar-refractivity contribution is 7.11. The molecular weight excluding hydrogens is 424 g/mol. The Balaban J connectivity index is 1.57. The Morgan fingerprint density at radius 1 is 1.16 bits per heavy atom. The lowest BCUT2D eigenvalue weighted by Gasteiger charge is -2.33. The van der Waals surface area contributed by atoms with Crippen molar-refractivity contribution >= 4 is 34.7 Å². The quantitative estimate of drug-likeness (QED) is 0.462. The summed E-state index contributed by atoms with van der Waals surface area (Å²) in [6, 6.07) is 10.7. The van der Waals surface area contributed by atoms with Crippen molar-refractivity contribution in [2.75, 3.05) is 19.7 Å². The molecule has 0 spiro atoms. The molecule has 1 saturated heterocycles. The van der Waals surface area contributed by atoms with Crippen LogP contribution in [0.3, 0.4) is 0 Å². The second kappa shape index (κ2) is 9.69. The van der Waals surface area contributed by atoms with Crippen LogP contribution >= 0.6 is 11.3 Å². The molecule has 2 aliphatic rings. The van der Waals surface area contributed by atoms with E-state index in [0.717, 1.165) is 42.8 Å². The molecule has 1 fully saturated rings. The van der Waals surface area contributed by atoms with E-state index >= 15 is 0 Å². The number of carbonyl (C=O) groups is 3. The molecule has 1 unspecified atom stereocenters. The number of hydrogen-bond acceptors (Lipinski definition) is 6. The van der Waals surface area contributed by atoms with Crippen molar-refractivity contribution in [3.8, 4) is 0 Å². The van der Waals surface area contributed by atoms with Gasteiger partial charge in [0.15, 0.2) is 0 Å². The van der Waals surface area contributed by atoms with E-state index in [1.165, 1.54) is 16.2 Å². The van der Waals surface area contributed by atoms with E-state index in [1.54, 1.807) is 24.3 Å². The Morgan fingerprint density at radius 2 is 1.94 bits per heavy atom. The highest BCUT2D eigenvalue weighted by Crippen LogP contribution is 2.36. The summed E-state index contributed by atoms with van der Waals surface area (Å²) in [5.74, 6) is -0.372. The molecule has 3 heterocycles. The fourth-order valence-electron chi connectivity index (χ4n) is 4.24. The molecule has 0 radical (unpaired) electrons. The maximum absolute atomic E-state index is 13.5. The van der Waals surface area contributed by atoms with Crippen LogP contribution in [0.25, 0.3) is 5.57 Å². The van der Waals surface area contributed by atoms with Crippen molar-refractivity contribution in [3.63, 3.8) is 0 Å². The lowest BCUT2D eigenvalue weighted by atomic mass is 9.99. The monoisotopic (exact) mass is 452 g/mol. The molecule has 6 nitrogen and oxygen atoms in total. The van der Waals surface area contributed by atoms with Gasteiger partial charge in [-0.3, -0.25) is 14.5 Å². The fourth-order valence-corrected chi connectivity index (χ4v) is 5.01. The number of benzene rings is 1. The van der Waals surface area contributed by atoms with Gasteiger partial charge < -0.3 is 9.64 Å². The van der Waals surface area contributed by atoms with E-state index in [0.29, 0.717) is 29.4 Å². The van der Waals surface area contributed by atoms with Crippen molar-refractivity contribution in [2.24, 2.45) is 5.92 Å². The van der Waals surface area contributed by atoms with Gasteiger partial charge in [0, 0.05) is 18.0 Å². The fraction of sp³-hybridized carbons (Fsp3) is 0.400. The third kappa shape index (κ3) is 4.48. The zero-order valence-corrected chi connectivity index (χ0v) is 19.3. The molecule has 32 heavy (non-hydrogen) atoms. The summed E-state index contributed by atoms with van der Waals surface area (Å²) in [4.78, 5) is 43.1. The summed E-state index contributed by atoms with van der Waals surface area (Å²) in [5.41, 5.74) is 2.29. The van der Waals surface area contributed by atoms with Gasteiger partial charge in [-0.05, 0) is 54.3 Å². The smallest absolute Gasteiger partial charge is 0.338 e. The predicted octanol–water partition coefficient (Wildman–Crippen LogP) is 4.33. The molecular formula is C25H28N2O4S. The predicted molar refractivity (Wildman–Crippen MR) is 124 cm³/mol. The first-order valence-electron chi connectivity index (χ1n) is 11.1. The van der Waals surface area contributed by atoms with Crippen molar-refractivity contribution in [1.82, 2.24) is 9.80 Å². The average Bonchev–Trinajstić information content (AvgIpc) is 3.40. The van der Waals surface area contributed by atoms with Crippen LogP contribution in [-0.2, 0) is 20.9 Å². The van der Waals surface area contributed by atoms with Crippen LogP contribution in [0.15, 0.2) is 47.5 Å². The lowest BCUT2D eigenvalue weighted by Crippen LogP contribution is -2.39. The molecule has 0 bridgehead atoms. The summed E-state index contributed by atoms with van der Waals surface area (Å²) in [7, 11) is 0. The summed E-state index contributed by atoms with van der Waals surface area (Å²) in [5, 5.41) is 1.93. The Hall–Kier alpha value is -2.93.